The highest BCUT2D eigenvalue weighted by Crippen LogP contribution is 2.45. The average molecular weight is 477 g/mol. The van der Waals surface area contributed by atoms with Gasteiger partial charge >= 0.3 is 5.97 Å². The minimum absolute atomic E-state index is 0.0226. The summed E-state index contributed by atoms with van der Waals surface area (Å²) in [6, 6.07) is 21.4. The molecule has 3 aromatic rings. The molecule has 3 aromatic carbocycles. The van der Waals surface area contributed by atoms with Crippen molar-refractivity contribution in [3.8, 4) is 23.3 Å². The quantitative estimate of drug-likeness (QED) is 0.425. The Labute approximate surface area is 187 Å². The van der Waals surface area contributed by atoms with E-state index in [4.69, 9.17) is 19.9 Å². The normalized spacial score (nSPS) is 14.8. The van der Waals surface area contributed by atoms with Gasteiger partial charge in [-0.1, -0.05) is 40.2 Å². The first-order valence-corrected chi connectivity index (χ1v) is 10.1. The SMILES string of the molecule is COc1ccc(C(=O)Oc2ccc3c(c2)OC(N)=C(C#N)C3c2ccccc2Br)cc1. The van der Waals surface area contributed by atoms with Crippen molar-refractivity contribution in [1.29, 1.82) is 5.26 Å². The fourth-order valence-electron chi connectivity index (χ4n) is 3.42. The number of nitrogens with zero attached hydrogens (tertiary/aromatic N) is 1. The Bertz CT molecular complexity index is 1230. The van der Waals surface area contributed by atoms with Gasteiger partial charge in [0.2, 0.25) is 5.88 Å². The van der Waals surface area contributed by atoms with Crippen molar-refractivity contribution in [3.63, 3.8) is 0 Å². The van der Waals surface area contributed by atoms with Gasteiger partial charge in [0.05, 0.1) is 18.6 Å². The number of rotatable bonds is 4. The number of methoxy groups -OCH3 is 1. The summed E-state index contributed by atoms with van der Waals surface area (Å²) in [5, 5.41) is 9.69. The number of esters is 1. The highest BCUT2D eigenvalue weighted by atomic mass is 79.9. The van der Waals surface area contributed by atoms with E-state index in [1.165, 1.54) is 0 Å². The first kappa shape index (κ1) is 20.5. The van der Waals surface area contributed by atoms with Crippen LogP contribution in [0.15, 0.2) is 82.7 Å². The summed E-state index contributed by atoms with van der Waals surface area (Å²) >= 11 is 3.55. The van der Waals surface area contributed by atoms with Gasteiger partial charge < -0.3 is 19.9 Å². The molecule has 0 aromatic heterocycles. The minimum Gasteiger partial charge on any atom is -0.497 e. The van der Waals surface area contributed by atoms with Crippen molar-refractivity contribution in [2.75, 3.05) is 7.11 Å². The number of benzene rings is 3. The Morgan fingerprint density at radius 1 is 1.06 bits per heavy atom. The molecule has 154 valence electrons. The van der Waals surface area contributed by atoms with Crippen LogP contribution in [-0.2, 0) is 0 Å². The Morgan fingerprint density at radius 3 is 2.45 bits per heavy atom. The van der Waals surface area contributed by atoms with E-state index in [0.29, 0.717) is 28.4 Å². The number of ether oxygens (including phenoxy) is 3. The molecule has 7 heteroatoms. The van der Waals surface area contributed by atoms with Gasteiger partial charge in [-0.2, -0.15) is 5.26 Å². The third kappa shape index (κ3) is 3.98. The number of carbonyl (C=O) groups excluding carboxylic acids is 1. The second kappa shape index (κ2) is 8.54. The molecule has 1 atom stereocenters. The van der Waals surface area contributed by atoms with Crippen LogP contribution < -0.4 is 19.9 Å². The summed E-state index contributed by atoms with van der Waals surface area (Å²) in [5.41, 5.74) is 8.39. The number of fused-ring (bicyclic) bond motifs is 1. The molecule has 0 radical (unpaired) electrons. The van der Waals surface area contributed by atoms with Gasteiger partial charge in [0.15, 0.2) is 0 Å². The number of halogens is 1. The highest BCUT2D eigenvalue weighted by molar-refractivity contribution is 9.10. The molecule has 0 fully saturated rings. The second-order valence-electron chi connectivity index (χ2n) is 6.76. The minimum atomic E-state index is -0.512. The molecule has 2 N–H and O–H groups in total. The maximum Gasteiger partial charge on any atom is 0.343 e. The molecule has 0 aliphatic carbocycles. The molecule has 1 aliphatic heterocycles. The molecule has 1 unspecified atom stereocenters. The maximum atomic E-state index is 12.5. The average Bonchev–Trinajstić information content (AvgIpc) is 2.78. The molecule has 6 nitrogen and oxygen atoms in total. The van der Waals surface area contributed by atoms with Crippen LogP contribution in [0.4, 0.5) is 0 Å². The monoisotopic (exact) mass is 476 g/mol. The molecule has 0 saturated heterocycles. The number of carbonyl (C=O) groups is 1. The third-order valence-electron chi connectivity index (χ3n) is 4.94. The van der Waals surface area contributed by atoms with Gasteiger partial charge in [-0.3, -0.25) is 0 Å². The molecular weight excluding hydrogens is 460 g/mol. The molecule has 0 spiro atoms. The summed E-state index contributed by atoms with van der Waals surface area (Å²) in [7, 11) is 1.56. The first-order valence-electron chi connectivity index (χ1n) is 9.34. The number of hydrogen-bond acceptors (Lipinski definition) is 6. The zero-order valence-electron chi connectivity index (χ0n) is 16.5. The molecular formula is C24H17BrN2O4. The van der Waals surface area contributed by atoms with E-state index < -0.39 is 11.9 Å². The van der Waals surface area contributed by atoms with Crippen LogP contribution in [0.3, 0.4) is 0 Å². The van der Waals surface area contributed by atoms with E-state index in [2.05, 4.69) is 22.0 Å². The zero-order chi connectivity index (χ0) is 22.0. The molecule has 31 heavy (non-hydrogen) atoms. The Hall–Kier alpha value is -3.76. The number of hydrogen-bond donors (Lipinski definition) is 1. The molecule has 0 amide bonds. The van der Waals surface area contributed by atoms with Crippen LogP contribution in [0, 0.1) is 11.3 Å². The van der Waals surface area contributed by atoms with Crippen LogP contribution in [0.5, 0.6) is 17.2 Å². The molecule has 1 heterocycles. The van der Waals surface area contributed by atoms with Crippen molar-refractivity contribution in [3.05, 3.63) is 99.3 Å². The van der Waals surface area contributed by atoms with E-state index >= 15 is 0 Å². The maximum absolute atomic E-state index is 12.5. The number of nitrogens with two attached hydrogens (primary N) is 1. The molecule has 0 bridgehead atoms. The summed E-state index contributed by atoms with van der Waals surface area (Å²) in [4.78, 5) is 12.5. The summed E-state index contributed by atoms with van der Waals surface area (Å²) < 4.78 is 17.2. The van der Waals surface area contributed by atoms with Crippen LogP contribution in [0.2, 0.25) is 0 Å². The van der Waals surface area contributed by atoms with E-state index in [1.54, 1.807) is 49.6 Å². The summed E-state index contributed by atoms with van der Waals surface area (Å²) in [6.07, 6.45) is 0. The van der Waals surface area contributed by atoms with Gasteiger partial charge in [-0.25, -0.2) is 4.79 Å². The van der Waals surface area contributed by atoms with Crippen molar-refractivity contribution >= 4 is 21.9 Å². The topological polar surface area (TPSA) is 94.6 Å². The van der Waals surface area contributed by atoms with Gasteiger partial charge in [0.1, 0.15) is 28.9 Å². The van der Waals surface area contributed by atoms with E-state index in [9.17, 15) is 10.1 Å². The molecule has 4 rings (SSSR count). The predicted octanol–water partition coefficient (Wildman–Crippen LogP) is 4.90. The van der Waals surface area contributed by atoms with E-state index in [1.807, 2.05) is 24.3 Å². The van der Waals surface area contributed by atoms with Crippen molar-refractivity contribution in [2.24, 2.45) is 5.73 Å². The van der Waals surface area contributed by atoms with Crippen LogP contribution in [0.1, 0.15) is 27.4 Å². The van der Waals surface area contributed by atoms with Crippen LogP contribution in [0.25, 0.3) is 0 Å². The van der Waals surface area contributed by atoms with Gasteiger partial charge in [0.25, 0.3) is 0 Å². The largest absolute Gasteiger partial charge is 0.497 e. The van der Waals surface area contributed by atoms with Crippen molar-refractivity contribution in [2.45, 2.75) is 5.92 Å². The van der Waals surface area contributed by atoms with Gasteiger partial charge in [0, 0.05) is 16.1 Å². The van der Waals surface area contributed by atoms with Gasteiger partial charge in [-0.15, -0.1) is 0 Å². The van der Waals surface area contributed by atoms with Gasteiger partial charge in [-0.05, 0) is 42.0 Å². The highest BCUT2D eigenvalue weighted by Gasteiger charge is 2.32. The fraction of sp³-hybridized carbons (Fsp3) is 0.0833. The summed E-state index contributed by atoms with van der Waals surface area (Å²) in [6.45, 7) is 0. The lowest BCUT2D eigenvalue weighted by Gasteiger charge is -2.27. The second-order valence-corrected chi connectivity index (χ2v) is 7.62. The lowest BCUT2D eigenvalue weighted by molar-refractivity contribution is 0.0734. The third-order valence-corrected chi connectivity index (χ3v) is 5.67. The standard InChI is InChI=1S/C24H17BrN2O4/c1-29-15-8-6-14(7-9-15)24(28)30-16-10-11-18-21(12-16)31-23(27)19(13-26)22(18)17-4-2-3-5-20(17)25/h2-12,22H,27H2,1H3. The summed E-state index contributed by atoms with van der Waals surface area (Å²) in [5.74, 6) is 0.482. The lowest BCUT2D eigenvalue weighted by Crippen LogP contribution is -2.21. The van der Waals surface area contributed by atoms with Crippen LogP contribution >= 0.6 is 15.9 Å². The lowest BCUT2D eigenvalue weighted by atomic mass is 9.83. The van der Waals surface area contributed by atoms with Crippen molar-refractivity contribution < 1.29 is 19.0 Å². The molecule has 0 saturated carbocycles. The fourth-order valence-corrected chi connectivity index (χ4v) is 3.93. The number of allylic oxidation sites excluding steroid dienone is 1. The predicted molar refractivity (Wildman–Crippen MR) is 118 cm³/mol. The Morgan fingerprint density at radius 2 is 1.77 bits per heavy atom. The number of nitriles is 1. The van der Waals surface area contributed by atoms with E-state index in [0.717, 1.165) is 15.6 Å². The first-order chi connectivity index (χ1) is 15.0. The Balaban J connectivity index is 1.67. The zero-order valence-corrected chi connectivity index (χ0v) is 18.0. The molecule has 1 aliphatic rings. The van der Waals surface area contributed by atoms with Crippen molar-refractivity contribution in [1.82, 2.24) is 0 Å². The van der Waals surface area contributed by atoms with E-state index in [-0.39, 0.29) is 5.88 Å². The smallest absolute Gasteiger partial charge is 0.343 e. The van der Waals surface area contributed by atoms with Crippen LogP contribution in [-0.4, -0.2) is 13.1 Å². The Kier molecular flexibility index (Phi) is 5.65.